The van der Waals surface area contributed by atoms with E-state index in [1.165, 1.54) is 12.8 Å². The molecule has 0 unspecified atom stereocenters. The van der Waals surface area contributed by atoms with E-state index in [1.54, 1.807) is 0 Å². The maximum absolute atomic E-state index is 5.17. The Kier molecular flexibility index (Phi) is 2.42. The lowest BCUT2D eigenvalue weighted by Crippen LogP contribution is -2.15. The quantitative estimate of drug-likeness (QED) is 0.847. The second kappa shape index (κ2) is 4.06. The van der Waals surface area contributed by atoms with Gasteiger partial charge in [0, 0.05) is 11.6 Å². The van der Waals surface area contributed by atoms with Crippen molar-refractivity contribution in [2.45, 2.75) is 25.4 Å². The molecule has 1 aromatic carbocycles. The average molecular weight is 215 g/mol. The van der Waals surface area contributed by atoms with Gasteiger partial charge in [-0.3, -0.25) is 0 Å². The Morgan fingerprint density at radius 3 is 2.81 bits per heavy atom. The third kappa shape index (κ3) is 2.12. The topological polar surface area (TPSA) is 51.0 Å². The van der Waals surface area contributed by atoms with Gasteiger partial charge in [0.2, 0.25) is 11.7 Å². The van der Waals surface area contributed by atoms with Gasteiger partial charge >= 0.3 is 0 Å². The van der Waals surface area contributed by atoms with E-state index < -0.39 is 0 Å². The van der Waals surface area contributed by atoms with Crippen LogP contribution < -0.4 is 5.32 Å². The fraction of sp³-hybridized carbons (Fsp3) is 0.333. The normalized spacial score (nSPS) is 15.2. The molecule has 3 rings (SSSR count). The molecule has 1 fully saturated rings. The zero-order valence-electron chi connectivity index (χ0n) is 8.89. The molecule has 0 aliphatic heterocycles. The molecule has 4 heteroatoms. The standard InChI is InChI=1S/C12H13N3O/c1-2-4-9(5-3-1)12-14-11(16-15-12)8-13-10-6-7-10/h1-5,10,13H,6-8H2. The van der Waals surface area contributed by atoms with Crippen LogP contribution in [0.5, 0.6) is 0 Å². The Hall–Kier alpha value is -1.68. The number of benzene rings is 1. The van der Waals surface area contributed by atoms with E-state index in [2.05, 4.69) is 15.5 Å². The summed E-state index contributed by atoms with van der Waals surface area (Å²) in [5.74, 6) is 1.32. The summed E-state index contributed by atoms with van der Waals surface area (Å²) < 4.78 is 5.17. The maximum Gasteiger partial charge on any atom is 0.240 e. The highest BCUT2D eigenvalue weighted by atomic mass is 16.5. The molecule has 1 aliphatic carbocycles. The van der Waals surface area contributed by atoms with E-state index in [-0.39, 0.29) is 0 Å². The van der Waals surface area contributed by atoms with Gasteiger partial charge in [0.15, 0.2) is 0 Å². The van der Waals surface area contributed by atoms with Crippen LogP contribution in [0.3, 0.4) is 0 Å². The van der Waals surface area contributed by atoms with Crippen LogP contribution in [-0.2, 0) is 6.54 Å². The predicted octanol–water partition coefficient (Wildman–Crippen LogP) is 1.99. The van der Waals surface area contributed by atoms with Crippen LogP contribution in [0.4, 0.5) is 0 Å². The van der Waals surface area contributed by atoms with Crippen LogP contribution >= 0.6 is 0 Å². The lowest BCUT2D eigenvalue weighted by atomic mass is 10.2. The molecule has 0 amide bonds. The van der Waals surface area contributed by atoms with E-state index in [0.29, 0.717) is 24.3 Å². The summed E-state index contributed by atoms with van der Waals surface area (Å²) in [7, 11) is 0. The van der Waals surface area contributed by atoms with Crippen LogP contribution in [0.25, 0.3) is 11.4 Å². The summed E-state index contributed by atoms with van der Waals surface area (Å²) in [6.45, 7) is 0.671. The summed E-state index contributed by atoms with van der Waals surface area (Å²) in [6.07, 6.45) is 2.53. The first-order valence-corrected chi connectivity index (χ1v) is 5.53. The van der Waals surface area contributed by atoms with Crippen LogP contribution in [-0.4, -0.2) is 16.2 Å². The van der Waals surface area contributed by atoms with Crippen molar-refractivity contribution in [2.24, 2.45) is 0 Å². The van der Waals surface area contributed by atoms with E-state index in [4.69, 9.17) is 4.52 Å². The Morgan fingerprint density at radius 2 is 2.06 bits per heavy atom. The van der Waals surface area contributed by atoms with Crippen molar-refractivity contribution in [3.8, 4) is 11.4 Å². The van der Waals surface area contributed by atoms with E-state index in [0.717, 1.165) is 5.56 Å². The molecule has 1 aromatic heterocycles. The van der Waals surface area contributed by atoms with Gasteiger partial charge in [0.1, 0.15) is 0 Å². The average Bonchev–Trinajstić information content (AvgIpc) is 3.05. The largest absolute Gasteiger partial charge is 0.338 e. The Morgan fingerprint density at radius 1 is 1.25 bits per heavy atom. The molecule has 0 spiro atoms. The third-order valence-corrected chi connectivity index (χ3v) is 2.62. The second-order valence-electron chi connectivity index (χ2n) is 4.03. The lowest BCUT2D eigenvalue weighted by molar-refractivity contribution is 0.367. The molecule has 0 bridgehead atoms. The molecule has 2 aromatic rings. The minimum atomic E-state index is 0.658. The molecule has 16 heavy (non-hydrogen) atoms. The molecule has 1 aliphatic rings. The van der Waals surface area contributed by atoms with Crippen molar-refractivity contribution in [1.29, 1.82) is 0 Å². The molecule has 0 radical (unpaired) electrons. The van der Waals surface area contributed by atoms with Crippen LogP contribution in [0.2, 0.25) is 0 Å². The summed E-state index contributed by atoms with van der Waals surface area (Å²) in [5, 5.41) is 7.30. The van der Waals surface area contributed by atoms with Crippen LogP contribution in [0, 0.1) is 0 Å². The van der Waals surface area contributed by atoms with E-state index in [1.807, 2.05) is 30.3 Å². The van der Waals surface area contributed by atoms with E-state index in [9.17, 15) is 0 Å². The zero-order chi connectivity index (χ0) is 10.8. The first-order valence-electron chi connectivity index (χ1n) is 5.53. The molecule has 0 atom stereocenters. The molecule has 1 saturated carbocycles. The maximum atomic E-state index is 5.17. The SMILES string of the molecule is c1ccc(-c2noc(CNC3CC3)n2)cc1. The van der Waals surface area contributed by atoms with Crippen molar-refractivity contribution in [2.75, 3.05) is 0 Å². The van der Waals surface area contributed by atoms with Gasteiger partial charge in [-0.05, 0) is 12.8 Å². The minimum absolute atomic E-state index is 0.658. The number of nitrogens with zero attached hydrogens (tertiary/aromatic N) is 2. The van der Waals surface area contributed by atoms with Crippen LogP contribution in [0.1, 0.15) is 18.7 Å². The van der Waals surface area contributed by atoms with Crippen molar-refractivity contribution in [1.82, 2.24) is 15.5 Å². The molecule has 4 nitrogen and oxygen atoms in total. The highest BCUT2D eigenvalue weighted by Gasteiger charge is 2.21. The first kappa shape index (κ1) is 9.54. The summed E-state index contributed by atoms with van der Waals surface area (Å²) in [6, 6.07) is 10.5. The van der Waals surface area contributed by atoms with Gasteiger partial charge in [-0.15, -0.1) is 0 Å². The zero-order valence-corrected chi connectivity index (χ0v) is 8.89. The Balaban J connectivity index is 1.71. The summed E-state index contributed by atoms with van der Waals surface area (Å²) >= 11 is 0. The Labute approximate surface area is 93.7 Å². The number of aromatic nitrogens is 2. The first-order chi connectivity index (χ1) is 7.92. The van der Waals surface area contributed by atoms with E-state index >= 15 is 0 Å². The summed E-state index contributed by atoms with van der Waals surface area (Å²) in [4.78, 5) is 4.34. The van der Waals surface area contributed by atoms with Gasteiger partial charge in [-0.1, -0.05) is 35.5 Å². The van der Waals surface area contributed by atoms with Gasteiger partial charge < -0.3 is 9.84 Å². The molecule has 82 valence electrons. The molecule has 1 heterocycles. The third-order valence-electron chi connectivity index (χ3n) is 2.62. The van der Waals surface area contributed by atoms with Crippen molar-refractivity contribution in [3.05, 3.63) is 36.2 Å². The second-order valence-corrected chi connectivity index (χ2v) is 4.03. The Bertz CT molecular complexity index is 462. The smallest absolute Gasteiger partial charge is 0.240 e. The van der Waals surface area contributed by atoms with Gasteiger partial charge in [0.25, 0.3) is 0 Å². The predicted molar refractivity (Wildman–Crippen MR) is 59.6 cm³/mol. The van der Waals surface area contributed by atoms with Gasteiger partial charge in [0.05, 0.1) is 6.54 Å². The van der Waals surface area contributed by atoms with Crippen molar-refractivity contribution in [3.63, 3.8) is 0 Å². The monoisotopic (exact) mass is 215 g/mol. The van der Waals surface area contributed by atoms with Crippen molar-refractivity contribution >= 4 is 0 Å². The number of rotatable bonds is 4. The van der Waals surface area contributed by atoms with Crippen LogP contribution in [0.15, 0.2) is 34.9 Å². The van der Waals surface area contributed by atoms with Gasteiger partial charge in [-0.2, -0.15) is 4.98 Å². The highest BCUT2D eigenvalue weighted by Crippen LogP contribution is 2.19. The highest BCUT2D eigenvalue weighted by molar-refractivity contribution is 5.53. The fourth-order valence-corrected chi connectivity index (χ4v) is 1.55. The number of nitrogens with one attached hydrogen (secondary N) is 1. The molecular formula is C12H13N3O. The van der Waals surface area contributed by atoms with Gasteiger partial charge in [-0.25, -0.2) is 0 Å². The minimum Gasteiger partial charge on any atom is -0.338 e. The molecule has 0 saturated heterocycles. The number of hydrogen-bond donors (Lipinski definition) is 1. The molecule has 1 N–H and O–H groups in total. The van der Waals surface area contributed by atoms with Crippen molar-refractivity contribution < 1.29 is 4.52 Å². The lowest BCUT2D eigenvalue weighted by Gasteiger charge is -1.94. The number of hydrogen-bond acceptors (Lipinski definition) is 4. The summed E-state index contributed by atoms with van der Waals surface area (Å²) in [5.41, 5.74) is 0.990. The molecular weight excluding hydrogens is 202 g/mol. The fourth-order valence-electron chi connectivity index (χ4n) is 1.55.